The van der Waals surface area contributed by atoms with E-state index in [1.807, 2.05) is 13.8 Å². The number of aliphatic carboxylic acids is 1. The number of rotatable bonds is 13. The first-order chi connectivity index (χ1) is 15.3. The van der Waals surface area contributed by atoms with E-state index < -0.39 is 54.0 Å². The third-order valence-corrected chi connectivity index (χ3v) is 4.96. The first kappa shape index (κ1) is 28.0. The quantitative estimate of drug-likeness (QED) is 0.189. The van der Waals surface area contributed by atoms with E-state index in [0.29, 0.717) is 5.69 Å². The Bertz CT molecular complexity index is 795. The van der Waals surface area contributed by atoms with E-state index in [9.17, 15) is 29.4 Å². The molecular formula is C21H36N6O6. The fourth-order valence-corrected chi connectivity index (χ4v) is 3.12. The van der Waals surface area contributed by atoms with Crippen molar-refractivity contribution in [2.24, 2.45) is 17.6 Å². The number of hydrogen-bond acceptors (Lipinski definition) is 7. The van der Waals surface area contributed by atoms with E-state index in [1.54, 1.807) is 13.8 Å². The van der Waals surface area contributed by atoms with E-state index in [4.69, 9.17) is 5.73 Å². The van der Waals surface area contributed by atoms with E-state index in [1.165, 1.54) is 19.4 Å². The number of aliphatic hydroxyl groups excluding tert-OH is 1. The molecule has 1 aromatic heterocycles. The number of nitrogens with one attached hydrogen (secondary N) is 4. The molecule has 0 fully saturated rings. The Morgan fingerprint density at radius 2 is 1.58 bits per heavy atom. The Kier molecular flexibility index (Phi) is 11.0. The van der Waals surface area contributed by atoms with Gasteiger partial charge in [-0.15, -0.1) is 0 Å². The standard InChI is InChI=1S/C21H36N6O6/c1-10(2)6-15(21(32)33)25-20(31)17(12(5)28)27-19(30)16(11(3)4)26-18(29)14(22)7-13-8-23-9-24-13/h8-12,14-17,28H,6-7,22H2,1-5H3,(H,23,24)(H,25,31)(H,26,29)(H,27,30)(H,32,33). The number of carbonyl (C=O) groups excluding carboxylic acids is 3. The summed E-state index contributed by atoms with van der Waals surface area (Å²) in [7, 11) is 0. The van der Waals surface area contributed by atoms with Gasteiger partial charge in [-0.3, -0.25) is 14.4 Å². The fourth-order valence-electron chi connectivity index (χ4n) is 3.12. The minimum atomic E-state index is -1.41. The molecule has 0 aliphatic heterocycles. The van der Waals surface area contributed by atoms with Gasteiger partial charge >= 0.3 is 5.97 Å². The number of amides is 3. The first-order valence-electron chi connectivity index (χ1n) is 10.9. The maximum absolute atomic E-state index is 12.9. The summed E-state index contributed by atoms with van der Waals surface area (Å²) in [4.78, 5) is 56.2. The summed E-state index contributed by atoms with van der Waals surface area (Å²) in [5.74, 6) is -3.69. The Labute approximate surface area is 193 Å². The SMILES string of the molecule is CC(C)CC(NC(=O)C(NC(=O)C(NC(=O)C(N)Cc1cnc[nH]1)C(C)C)C(C)O)C(=O)O. The van der Waals surface area contributed by atoms with Crippen molar-refractivity contribution in [3.63, 3.8) is 0 Å². The van der Waals surface area contributed by atoms with E-state index in [-0.39, 0.29) is 24.7 Å². The van der Waals surface area contributed by atoms with Crippen molar-refractivity contribution in [2.45, 2.75) is 77.7 Å². The third-order valence-electron chi connectivity index (χ3n) is 4.96. The van der Waals surface area contributed by atoms with Crippen LogP contribution in [0.1, 0.15) is 46.7 Å². The number of nitrogens with two attached hydrogens (primary N) is 1. The minimum absolute atomic E-state index is 0.00232. The highest BCUT2D eigenvalue weighted by atomic mass is 16.4. The average Bonchev–Trinajstić information content (AvgIpc) is 3.21. The van der Waals surface area contributed by atoms with Crippen molar-refractivity contribution in [2.75, 3.05) is 0 Å². The zero-order valence-corrected chi connectivity index (χ0v) is 19.7. The molecule has 12 nitrogen and oxygen atoms in total. The van der Waals surface area contributed by atoms with Gasteiger partial charge in [0.25, 0.3) is 0 Å². The van der Waals surface area contributed by atoms with Gasteiger partial charge in [0.1, 0.15) is 18.1 Å². The number of aromatic amines is 1. The molecule has 0 radical (unpaired) electrons. The number of carbonyl (C=O) groups is 4. The highest BCUT2D eigenvalue weighted by Gasteiger charge is 2.34. The van der Waals surface area contributed by atoms with Gasteiger partial charge in [0, 0.05) is 18.3 Å². The average molecular weight is 469 g/mol. The Hall–Kier alpha value is -2.99. The van der Waals surface area contributed by atoms with Gasteiger partial charge in [-0.2, -0.15) is 0 Å². The molecule has 33 heavy (non-hydrogen) atoms. The molecule has 1 rings (SSSR count). The van der Waals surface area contributed by atoms with Crippen LogP contribution in [0.15, 0.2) is 12.5 Å². The number of carboxylic acids is 1. The molecule has 3 amide bonds. The number of nitrogens with zero attached hydrogens (tertiary/aromatic N) is 1. The maximum atomic E-state index is 12.9. The van der Waals surface area contributed by atoms with Gasteiger partial charge in [0.2, 0.25) is 17.7 Å². The fraction of sp³-hybridized carbons (Fsp3) is 0.667. The molecule has 0 aliphatic carbocycles. The van der Waals surface area contributed by atoms with Crippen molar-refractivity contribution in [3.8, 4) is 0 Å². The van der Waals surface area contributed by atoms with Gasteiger partial charge in [-0.25, -0.2) is 9.78 Å². The lowest BCUT2D eigenvalue weighted by atomic mass is 10.0. The van der Waals surface area contributed by atoms with Gasteiger partial charge in [-0.1, -0.05) is 27.7 Å². The highest BCUT2D eigenvalue weighted by Crippen LogP contribution is 2.08. The molecule has 0 aromatic carbocycles. The van der Waals surface area contributed by atoms with Crippen LogP contribution in [0.25, 0.3) is 0 Å². The number of H-pyrrole nitrogens is 1. The van der Waals surface area contributed by atoms with Crippen LogP contribution in [0.5, 0.6) is 0 Å². The summed E-state index contributed by atoms with van der Waals surface area (Å²) in [5, 5.41) is 26.8. The third kappa shape index (κ3) is 9.18. The Morgan fingerprint density at radius 1 is 1.00 bits per heavy atom. The van der Waals surface area contributed by atoms with Crippen LogP contribution in [-0.2, 0) is 25.6 Å². The summed E-state index contributed by atoms with van der Waals surface area (Å²) < 4.78 is 0. The molecule has 1 heterocycles. The van der Waals surface area contributed by atoms with Gasteiger partial charge in [0.05, 0.1) is 18.5 Å². The first-order valence-corrected chi connectivity index (χ1v) is 10.9. The van der Waals surface area contributed by atoms with Gasteiger partial charge in [0.15, 0.2) is 0 Å². The summed E-state index contributed by atoms with van der Waals surface area (Å²) in [5.41, 5.74) is 6.58. The van der Waals surface area contributed by atoms with Crippen LogP contribution in [0.2, 0.25) is 0 Å². The van der Waals surface area contributed by atoms with Gasteiger partial charge < -0.3 is 36.9 Å². The van der Waals surface area contributed by atoms with Crippen LogP contribution in [-0.4, -0.2) is 74.1 Å². The number of hydrogen-bond donors (Lipinski definition) is 7. The summed E-state index contributed by atoms with van der Waals surface area (Å²) in [6.45, 7) is 8.31. The van der Waals surface area contributed by atoms with Crippen LogP contribution in [0.3, 0.4) is 0 Å². The van der Waals surface area contributed by atoms with E-state index >= 15 is 0 Å². The predicted octanol–water partition coefficient (Wildman–Crippen LogP) is -1.10. The summed E-state index contributed by atoms with van der Waals surface area (Å²) in [6, 6.07) is -4.56. The molecule has 0 aliphatic rings. The largest absolute Gasteiger partial charge is 0.480 e. The number of carboxylic acid groups (broad SMARTS) is 1. The van der Waals surface area contributed by atoms with Crippen LogP contribution in [0.4, 0.5) is 0 Å². The lowest BCUT2D eigenvalue weighted by molar-refractivity contribution is -0.143. The smallest absolute Gasteiger partial charge is 0.326 e. The molecule has 0 spiro atoms. The molecule has 5 atom stereocenters. The molecule has 5 unspecified atom stereocenters. The van der Waals surface area contributed by atoms with Crippen LogP contribution >= 0.6 is 0 Å². The normalized spacial score (nSPS) is 15.9. The second-order valence-corrected chi connectivity index (χ2v) is 8.87. The van der Waals surface area contributed by atoms with Crippen molar-refractivity contribution in [3.05, 3.63) is 18.2 Å². The van der Waals surface area contributed by atoms with Gasteiger partial charge in [-0.05, 0) is 25.2 Å². The zero-order chi connectivity index (χ0) is 25.3. The highest BCUT2D eigenvalue weighted by molar-refractivity contribution is 5.94. The second-order valence-electron chi connectivity index (χ2n) is 8.87. The summed E-state index contributed by atoms with van der Waals surface area (Å²) >= 11 is 0. The zero-order valence-electron chi connectivity index (χ0n) is 19.7. The predicted molar refractivity (Wildman–Crippen MR) is 120 cm³/mol. The number of imidazole rings is 1. The Balaban J connectivity index is 2.86. The lowest BCUT2D eigenvalue weighted by Crippen LogP contribution is -2.61. The number of aromatic nitrogens is 2. The van der Waals surface area contributed by atoms with Crippen LogP contribution < -0.4 is 21.7 Å². The molecule has 8 N–H and O–H groups in total. The van der Waals surface area contributed by atoms with E-state index in [2.05, 4.69) is 25.9 Å². The maximum Gasteiger partial charge on any atom is 0.326 e. The lowest BCUT2D eigenvalue weighted by Gasteiger charge is -2.28. The molecule has 0 saturated carbocycles. The monoisotopic (exact) mass is 468 g/mol. The van der Waals surface area contributed by atoms with Crippen molar-refractivity contribution >= 4 is 23.7 Å². The molecule has 0 saturated heterocycles. The Morgan fingerprint density at radius 3 is 2.03 bits per heavy atom. The van der Waals surface area contributed by atoms with Crippen LogP contribution in [0, 0.1) is 11.8 Å². The van der Waals surface area contributed by atoms with E-state index in [0.717, 1.165) is 0 Å². The summed E-state index contributed by atoms with van der Waals surface area (Å²) in [6.07, 6.45) is 2.05. The molecular weight excluding hydrogens is 432 g/mol. The molecule has 1 aromatic rings. The minimum Gasteiger partial charge on any atom is -0.480 e. The van der Waals surface area contributed by atoms with Crippen molar-refractivity contribution in [1.82, 2.24) is 25.9 Å². The topological polar surface area (TPSA) is 200 Å². The molecule has 12 heteroatoms. The second kappa shape index (κ2) is 12.9. The molecule has 0 bridgehead atoms. The molecule has 186 valence electrons. The number of aliphatic hydroxyl groups is 1. The van der Waals surface area contributed by atoms with Crippen molar-refractivity contribution in [1.29, 1.82) is 0 Å². The van der Waals surface area contributed by atoms with Crippen molar-refractivity contribution < 1.29 is 29.4 Å².